The monoisotopic (exact) mass is 512 g/mol. The summed E-state index contributed by atoms with van der Waals surface area (Å²) in [7, 11) is 3.08. The van der Waals surface area contributed by atoms with Crippen LogP contribution in [-0.2, 0) is 30.8 Å². The van der Waals surface area contributed by atoms with Crippen molar-refractivity contribution in [1.82, 2.24) is 9.55 Å². The molecule has 2 N–H and O–H groups in total. The zero-order valence-corrected chi connectivity index (χ0v) is 22.1. The van der Waals surface area contributed by atoms with Crippen LogP contribution in [0.5, 0.6) is 0 Å². The van der Waals surface area contributed by atoms with Gasteiger partial charge in [-0.2, -0.15) is 0 Å². The Hall–Kier alpha value is -3.01. The molecule has 0 amide bonds. The highest BCUT2D eigenvalue weighted by atomic mass is 16.7. The van der Waals surface area contributed by atoms with Crippen LogP contribution in [0.3, 0.4) is 0 Å². The van der Waals surface area contributed by atoms with Crippen molar-refractivity contribution >= 4 is 18.0 Å². The summed E-state index contributed by atoms with van der Waals surface area (Å²) >= 11 is 0. The highest BCUT2D eigenvalue weighted by molar-refractivity contribution is 5.91. The van der Waals surface area contributed by atoms with Crippen molar-refractivity contribution in [2.24, 2.45) is 30.7 Å². The van der Waals surface area contributed by atoms with Gasteiger partial charge in [0.1, 0.15) is 11.7 Å². The molecule has 7 atom stereocenters. The van der Waals surface area contributed by atoms with Gasteiger partial charge in [0.25, 0.3) is 0 Å². The minimum Gasteiger partial charge on any atom is -0.466 e. The van der Waals surface area contributed by atoms with Crippen molar-refractivity contribution in [3.63, 3.8) is 0 Å². The summed E-state index contributed by atoms with van der Waals surface area (Å²) in [6.07, 6.45) is 11.6. The van der Waals surface area contributed by atoms with Crippen molar-refractivity contribution in [2.45, 2.75) is 57.7 Å². The molecule has 0 aromatic carbocycles. The van der Waals surface area contributed by atoms with Gasteiger partial charge in [-0.3, -0.25) is 0 Å². The smallest absolute Gasteiger partial charge is 0.339 e. The zero-order valence-electron chi connectivity index (χ0n) is 22.1. The highest BCUT2D eigenvalue weighted by Crippen LogP contribution is 2.49. The van der Waals surface area contributed by atoms with Gasteiger partial charge >= 0.3 is 11.9 Å². The van der Waals surface area contributed by atoms with Gasteiger partial charge in [0.2, 0.25) is 5.79 Å². The number of aliphatic hydroxyl groups excluding tert-OH is 1. The molecule has 0 radical (unpaired) electrons. The third-order valence-corrected chi connectivity index (χ3v) is 7.74. The molecule has 1 aromatic rings. The first-order valence-electron chi connectivity index (χ1n) is 12.5. The first kappa shape index (κ1) is 27.0. The van der Waals surface area contributed by atoms with E-state index in [-0.39, 0.29) is 29.2 Å². The second-order valence-corrected chi connectivity index (χ2v) is 10.8. The van der Waals surface area contributed by atoms with Gasteiger partial charge in [-0.25, -0.2) is 14.6 Å². The number of rotatable bonds is 5. The number of nitrogens with zero attached hydrogens (tertiary/aromatic N) is 2. The number of fused-ring (bicyclic) bond motifs is 3. The Balaban J connectivity index is 1.76. The minimum absolute atomic E-state index is 0.0560. The van der Waals surface area contributed by atoms with Gasteiger partial charge in [0, 0.05) is 19.3 Å². The normalized spacial score (nSPS) is 36.7. The van der Waals surface area contributed by atoms with E-state index >= 15 is 0 Å². The number of hydrogen-bond acceptors (Lipinski definition) is 8. The maximum absolute atomic E-state index is 12.9. The van der Waals surface area contributed by atoms with Crippen LogP contribution in [0.15, 0.2) is 54.1 Å². The van der Waals surface area contributed by atoms with Crippen molar-refractivity contribution in [3.05, 3.63) is 59.7 Å². The SMILES string of the molecule is COC(=O)/C1=C/[C@@H]2[C@@H](C(C)C)[C@H](O)C=C(C)[C@@H]2C[C@H](OC(=O)/C=C\c2cn(C)cn2)[C@]2(C)C=C[C@@]1(O)O2. The van der Waals surface area contributed by atoms with Crippen molar-refractivity contribution in [1.29, 1.82) is 0 Å². The predicted molar refractivity (Wildman–Crippen MR) is 135 cm³/mol. The Labute approximate surface area is 217 Å². The summed E-state index contributed by atoms with van der Waals surface area (Å²) in [5.41, 5.74) is 0.240. The van der Waals surface area contributed by atoms with E-state index in [1.54, 1.807) is 42.2 Å². The summed E-state index contributed by atoms with van der Waals surface area (Å²) < 4.78 is 18.8. The van der Waals surface area contributed by atoms with Crippen LogP contribution in [0, 0.1) is 23.7 Å². The Bertz CT molecular complexity index is 1180. The third-order valence-electron chi connectivity index (χ3n) is 7.74. The molecule has 9 heteroatoms. The number of hydrogen-bond donors (Lipinski definition) is 2. The van der Waals surface area contributed by atoms with Crippen LogP contribution < -0.4 is 0 Å². The molecule has 9 nitrogen and oxygen atoms in total. The van der Waals surface area contributed by atoms with E-state index in [4.69, 9.17) is 14.2 Å². The highest BCUT2D eigenvalue weighted by Gasteiger charge is 2.54. The maximum Gasteiger partial charge on any atom is 0.339 e. The molecule has 0 saturated carbocycles. The number of aromatic nitrogens is 2. The summed E-state index contributed by atoms with van der Waals surface area (Å²) in [6, 6.07) is 0. The molecular formula is C28H36N2O7. The van der Waals surface area contributed by atoms with E-state index < -0.39 is 35.5 Å². The van der Waals surface area contributed by atoms with E-state index in [0.717, 1.165) is 5.57 Å². The third kappa shape index (κ3) is 5.21. The Morgan fingerprint density at radius 2 is 2.03 bits per heavy atom. The molecule has 200 valence electrons. The molecule has 3 aliphatic rings. The largest absolute Gasteiger partial charge is 0.466 e. The average molecular weight is 513 g/mol. The molecule has 1 aliphatic carbocycles. The molecule has 1 aromatic heterocycles. The first-order chi connectivity index (χ1) is 17.4. The Kier molecular flexibility index (Phi) is 7.34. The zero-order chi connectivity index (χ0) is 27.1. The van der Waals surface area contributed by atoms with Gasteiger partial charge < -0.3 is 29.0 Å². The van der Waals surface area contributed by atoms with Crippen molar-refractivity contribution in [3.8, 4) is 0 Å². The number of imidazole rings is 1. The molecule has 0 unspecified atom stereocenters. The first-order valence-corrected chi connectivity index (χ1v) is 12.5. The second kappa shape index (κ2) is 10.0. The number of carbonyl (C=O) groups excluding carboxylic acids is 2. The van der Waals surface area contributed by atoms with Gasteiger partial charge in [0.05, 0.1) is 30.8 Å². The summed E-state index contributed by atoms with van der Waals surface area (Å²) in [5.74, 6) is -4.11. The van der Waals surface area contributed by atoms with Gasteiger partial charge in [0.15, 0.2) is 0 Å². The standard InChI is InChI=1S/C28H36N2O7/c1-16(2)25-20-12-21(26(33)35-6)28(34)10-9-27(4,37-28)23(13-19(20)17(3)11-22(25)31)36-24(32)8-7-18-14-30(5)15-29-18/h7-12,14-16,19-20,22-23,25,31,34H,13H2,1-6H3/b8-7-,21-12-/t19-,20-,22+,23-,25+,27-,28+/m0/s1. The number of carbonyl (C=O) groups is 2. The lowest BCUT2D eigenvalue weighted by molar-refractivity contribution is -0.216. The number of aryl methyl sites for hydroxylation is 1. The van der Waals surface area contributed by atoms with Gasteiger partial charge in [-0.1, -0.05) is 31.6 Å². The van der Waals surface area contributed by atoms with Crippen LogP contribution in [-0.4, -0.2) is 62.4 Å². The van der Waals surface area contributed by atoms with Crippen LogP contribution in [0.1, 0.15) is 39.8 Å². The lowest BCUT2D eigenvalue weighted by Gasteiger charge is -2.43. The predicted octanol–water partition coefficient (Wildman–Crippen LogP) is 2.71. The lowest BCUT2D eigenvalue weighted by Crippen LogP contribution is -2.47. The number of aliphatic hydroxyl groups is 2. The van der Waals surface area contributed by atoms with E-state index in [2.05, 4.69) is 4.98 Å². The summed E-state index contributed by atoms with van der Waals surface area (Å²) in [4.78, 5) is 30.0. The fraction of sp³-hybridized carbons (Fsp3) is 0.536. The molecule has 2 bridgehead atoms. The Morgan fingerprint density at radius 3 is 2.65 bits per heavy atom. The summed E-state index contributed by atoms with van der Waals surface area (Å²) in [5, 5.41) is 22.5. The van der Waals surface area contributed by atoms with E-state index in [9.17, 15) is 19.8 Å². The topological polar surface area (TPSA) is 120 Å². The fourth-order valence-corrected chi connectivity index (χ4v) is 5.83. The molecular weight excluding hydrogens is 476 g/mol. The minimum atomic E-state index is -2.08. The number of methoxy groups -OCH3 is 1. The van der Waals surface area contributed by atoms with Crippen LogP contribution in [0.4, 0.5) is 0 Å². The van der Waals surface area contributed by atoms with E-state index in [1.165, 1.54) is 19.3 Å². The Morgan fingerprint density at radius 1 is 1.30 bits per heavy atom. The number of esters is 2. The van der Waals surface area contributed by atoms with E-state index in [0.29, 0.717) is 12.1 Å². The molecule has 4 rings (SSSR count). The number of ether oxygens (including phenoxy) is 3. The summed E-state index contributed by atoms with van der Waals surface area (Å²) in [6.45, 7) is 7.66. The maximum atomic E-state index is 12.9. The number of allylic oxidation sites excluding steroid dienone is 2. The van der Waals surface area contributed by atoms with Gasteiger partial charge in [-0.15, -0.1) is 0 Å². The fourth-order valence-electron chi connectivity index (χ4n) is 5.83. The van der Waals surface area contributed by atoms with Crippen LogP contribution in [0.2, 0.25) is 0 Å². The second-order valence-electron chi connectivity index (χ2n) is 10.8. The molecule has 0 spiro atoms. The molecule has 0 fully saturated rings. The van der Waals surface area contributed by atoms with Crippen LogP contribution >= 0.6 is 0 Å². The molecule has 3 heterocycles. The van der Waals surface area contributed by atoms with E-state index in [1.807, 2.05) is 33.9 Å². The quantitative estimate of drug-likeness (QED) is 0.351. The molecule has 0 saturated heterocycles. The average Bonchev–Trinajstić information content (AvgIpc) is 3.39. The van der Waals surface area contributed by atoms with Gasteiger partial charge in [-0.05, 0) is 62.2 Å². The van der Waals surface area contributed by atoms with Crippen LogP contribution in [0.25, 0.3) is 6.08 Å². The molecule has 37 heavy (non-hydrogen) atoms. The van der Waals surface area contributed by atoms with Crippen molar-refractivity contribution in [2.75, 3.05) is 7.11 Å². The van der Waals surface area contributed by atoms with Crippen molar-refractivity contribution < 1.29 is 34.0 Å². The molecule has 2 aliphatic heterocycles. The lowest BCUT2D eigenvalue weighted by atomic mass is 9.64.